The Labute approximate surface area is 97.3 Å². The zero-order chi connectivity index (χ0) is 10.9. The summed E-state index contributed by atoms with van der Waals surface area (Å²) in [6.45, 7) is 7.98. The number of hydrogen-bond acceptors (Lipinski definition) is 1. The van der Waals surface area contributed by atoms with E-state index in [1.165, 1.54) is 6.07 Å². The SMILES string of the molecule is Cc1ccc(F)c([C@H](N)C(C)(C)C)c1.Cl. The molecule has 0 saturated heterocycles. The van der Waals surface area contributed by atoms with E-state index >= 15 is 0 Å². The number of hydrogen-bond donors (Lipinski definition) is 1. The molecule has 0 amide bonds. The first-order valence-corrected chi connectivity index (χ1v) is 4.84. The minimum absolute atomic E-state index is 0. The molecule has 86 valence electrons. The molecule has 0 spiro atoms. The van der Waals surface area contributed by atoms with Crippen molar-refractivity contribution < 1.29 is 4.39 Å². The normalized spacial score (nSPS) is 13.2. The van der Waals surface area contributed by atoms with Crippen LogP contribution in [0.4, 0.5) is 4.39 Å². The number of nitrogens with two attached hydrogens (primary N) is 1. The largest absolute Gasteiger partial charge is 0.323 e. The number of rotatable bonds is 1. The lowest BCUT2D eigenvalue weighted by atomic mass is 9.82. The number of aryl methyl sites for hydroxylation is 1. The molecule has 0 radical (unpaired) electrons. The molecule has 0 unspecified atom stereocenters. The van der Waals surface area contributed by atoms with Crippen LogP contribution in [0.1, 0.15) is 37.9 Å². The van der Waals surface area contributed by atoms with Crippen molar-refractivity contribution in [2.45, 2.75) is 33.7 Å². The maximum Gasteiger partial charge on any atom is 0.128 e. The Morgan fingerprint density at radius 3 is 2.27 bits per heavy atom. The fraction of sp³-hybridized carbons (Fsp3) is 0.500. The Hall–Kier alpha value is -0.600. The summed E-state index contributed by atoms with van der Waals surface area (Å²) in [4.78, 5) is 0. The van der Waals surface area contributed by atoms with Gasteiger partial charge in [-0.15, -0.1) is 12.4 Å². The van der Waals surface area contributed by atoms with E-state index in [1.807, 2.05) is 33.8 Å². The third-order valence-electron chi connectivity index (χ3n) is 2.42. The van der Waals surface area contributed by atoms with Crippen LogP contribution >= 0.6 is 12.4 Å². The van der Waals surface area contributed by atoms with Gasteiger partial charge in [-0.2, -0.15) is 0 Å². The first-order chi connectivity index (χ1) is 6.32. The van der Waals surface area contributed by atoms with Crippen LogP contribution in [0.5, 0.6) is 0 Å². The van der Waals surface area contributed by atoms with Crippen LogP contribution in [0.3, 0.4) is 0 Å². The minimum atomic E-state index is -0.262. The molecule has 0 aliphatic rings. The smallest absolute Gasteiger partial charge is 0.128 e. The molecule has 0 aliphatic heterocycles. The summed E-state index contributed by atoms with van der Waals surface area (Å²) in [6, 6.07) is 4.80. The van der Waals surface area contributed by atoms with E-state index in [2.05, 4.69) is 0 Å². The lowest BCUT2D eigenvalue weighted by Crippen LogP contribution is -2.27. The van der Waals surface area contributed by atoms with Gasteiger partial charge in [0, 0.05) is 11.6 Å². The first kappa shape index (κ1) is 14.4. The number of benzene rings is 1. The average molecular weight is 232 g/mol. The highest BCUT2D eigenvalue weighted by Crippen LogP contribution is 2.32. The van der Waals surface area contributed by atoms with E-state index in [1.54, 1.807) is 6.07 Å². The van der Waals surface area contributed by atoms with Gasteiger partial charge in [-0.25, -0.2) is 4.39 Å². The summed E-state index contributed by atoms with van der Waals surface area (Å²) in [6.07, 6.45) is 0. The summed E-state index contributed by atoms with van der Waals surface area (Å²) < 4.78 is 13.5. The van der Waals surface area contributed by atoms with Gasteiger partial charge in [0.05, 0.1) is 0 Å². The molecule has 0 saturated carbocycles. The highest BCUT2D eigenvalue weighted by molar-refractivity contribution is 5.85. The molecule has 1 atom stereocenters. The molecule has 1 aromatic carbocycles. The molecule has 0 aromatic heterocycles. The van der Waals surface area contributed by atoms with Crippen LogP contribution in [0.2, 0.25) is 0 Å². The lowest BCUT2D eigenvalue weighted by Gasteiger charge is -2.27. The molecule has 0 heterocycles. The molecule has 2 N–H and O–H groups in total. The summed E-state index contributed by atoms with van der Waals surface area (Å²) >= 11 is 0. The van der Waals surface area contributed by atoms with Crippen LogP contribution in [0.25, 0.3) is 0 Å². The summed E-state index contributed by atoms with van der Waals surface area (Å²) in [5, 5.41) is 0. The van der Waals surface area contributed by atoms with Crippen molar-refractivity contribution in [1.82, 2.24) is 0 Å². The van der Waals surface area contributed by atoms with Crippen molar-refractivity contribution in [2.24, 2.45) is 11.1 Å². The van der Waals surface area contributed by atoms with Crippen LogP contribution in [0.15, 0.2) is 18.2 Å². The Balaban J connectivity index is 0.00000196. The minimum Gasteiger partial charge on any atom is -0.323 e. The standard InChI is InChI=1S/C12H18FN.ClH/c1-8-5-6-10(13)9(7-8)11(14)12(2,3)4;/h5-7,11H,14H2,1-4H3;1H/t11-;/m0./s1. The second kappa shape index (κ2) is 4.95. The maximum atomic E-state index is 13.5. The summed E-state index contributed by atoms with van der Waals surface area (Å²) in [5.74, 6) is -0.210. The summed E-state index contributed by atoms with van der Waals surface area (Å²) in [7, 11) is 0. The predicted octanol–water partition coefficient (Wildman–Crippen LogP) is 3.60. The highest BCUT2D eigenvalue weighted by Gasteiger charge is 2.24. The monoisotopic (exact) mass is 231 g/mol. The van der Waals surface area contributed by atoms with E-state index in [0.717, 1.165) is 5.56 Å². The van der Waals surface area contributed by atoms with Gasteiger partial charge in [-0.05, 0) is 18.4 Å². The molecule has 0 aliphatic carbocycles. The van der Waals surface area contributed by atoms with E-state index in [4.69, 9.17) is 5.73 Å². The molecule has 1 aromatic rings. The lowest BCUT2D eigenvalue weighted by molar-refractivity contribution is 0.319. The fourth-order valence-electron chi connectivity index (χ4n) is 1.37. The molecule has 15 heavy (non-hydrogen) atoms. The third-order valence-corrected chi connectivity index (χ3v) is 2.42. The van der Waals surface area contributed by atoms with E-state index in [-0.39, 0.29) is 29.7 Å². The Bertz CT molecular complexity index is 331. The van der Waals surface area contributed by atoms with Gasteiger partial charge in [-0.3, -0.25) is 0 Å². The van der Waals surface area contributed by atoms with Gasteiger partial charge in [-0.1, -0.05) is 38.5 Å². The van der Waals surface area contributed by atoms with Crippen molar-refractivity contribution in [2.75, 3.05) is 0 Å². The average Bonchev–Trinajstić information content (AvgIpc) is 2.06. The van der Waals surface area contributed by atoms with Gasteiger partial charge < -0.3 is 5.73 Å². The molecule has 0 bridgehead atoms. The second-order valence-electron chi connectivity index (χ2n) is 4.87. The molecular weight excluding hydrogens is 213 g/mol. The van der Waals surface area contributed by atoms with Crippen LogP contribution in [0, 0.1) is 18.2 Å². The fourth-order valence-corrected chi connectivity index (χ4v) is 1.37. The zero-order valence-electron chi connectivity index (χ0n) is 9.67. The quantitative estimate of drug-likeness (QED) is 0.785. The van der Waals surface area contributed by atoms with Crippen molar-refractivity contribution in [3.63, 3.8) is 0 Å². The zero-order valence-corrected chi connectivity index (χ0v) is 10.5. The van der Waals surface area contributed by atoms with E-state index < -0.39 is 0 Å². The van der Waals surface area contributed by atoms with Crippen LogP contribution in [-0.2, 0) is 0 Å². The van der Waals surface area contributed by atoms with Gasteiger partial charge in [0.15, 0.2) is 0 Å². The summed E-state index contributed by atoms with van der Waals surface area (Å²) in [5.41, 5.74) is 7.54. The first-order valence-electron chi connectivity index (χ1n) is 4.84. The van der Waals surface area contributed by atoms with Crippen molar-refractivity contribution in [1.29, 1.82) is 0 Å². The Morgan fingerprint density at radius 2 is 1.80 bits per heavy atom. The Kier molecular flexibility index (Phi) is 4.75. The van der Waals surface area contributed by atoms with Gasteiger partial charge in [0.1, 0.15) is 5.82 Å². The van der Waals surface area contributed by atoms with E-state index in [9.17, 15) is 4.39 Å². The van der Waals surface area contributed by atoms with Crippen molar-refractivity contribution in [3.8, 4) is 0 Å². The van der Waals surface area contributed by atoms with Gasteiger partial charge in [0.25, 0.3) is 0 Å². The predicted molar refractivity (Wildman–Crippen MR) is 64.8 cm³/mol. The second-order valence-corrected chi connectivity index (χ2v) is 4.87. The highest BCUT2D eigenvalue weighted by atomic mass is 35.5. The van der Waals surface area contributed by atoms with Crippen molar-refractivity contribution >= 4 is 12.4 Å². The van der Waals surface area contributed by atoms with Crippen molar-refractivity contribution in [3.05, 3.63) is 35.1 Å². The third kappa shape index (κ3) is 3.47. The topological polar surface area (TPSA) is 26.0 Å². The molecule has 3 heteroatoms. The van der Waals surface area contributed by atoms with Crippen LogP contribution < -0.4 is 5.73 Å². The van der Waals surface area contributed by atoms with Gasteiger partial charge in [0.2, 0.25) is 0 Å². The van der Waals surface area contributed by atoms with E-state index in [0.29, 0.717) is 5.56 Å². The number of halogens is 2. The van der Waals surface area contributed by atoms with Crippen LogP contribution in [-0.4, -0.2) is 0 Å². The molecule has 0 fully saturated rings. The van der Waals surface area contributed by atoms with Gasteiger partial charge >= 0.3 is 0 Å². The Morgan fingerprint density at radius 1 is 1.27 bits per heavy atom. The maximum absolute atomic E-state index is 13.5. The molecule has 1 nitrogen and oxygen atoms in total. The molecular formula is C12H19ClFN. The molecule has 1 rings (SSSR count).